The minimum Gasteiger partial charge on any atom is -0.488 e. The highest BCUT2D eigenvalue weighted by atomic mass is 19.1. The van der Waals surface area contributed by atoms with Gasteiger partial charge >= 0.3 is 0 Å². The third-order valence-corrected chi connectivity index (χ3v) is 5.07. The molecule has 0 radical (unpaired) electrons. The van der Waals surface area contributed by atoms with Gasteiger partial charge in [0.25, 0.3) is 0 Å². The van der Waals surface area contributed by atoms with Gasteiger partial charge in [-0.1, -0.05) is 24.3 Å². The van der Waals surface area contributed by atoms with Crippen molar-refractivity contribution in [3.63, 3.8) is 0 Å². The van der Waals surface area contributed by atoms with E-state index in [1.165, 1.54) is 6.07 Å². The number of β-amino-alcohol motifs (C(OH)–C–C–N with tert-alkyl or cyclic N) is 1. The van der Waals surface area contributed by atoms with Crippen LogP contribution < -0.4 is 4.74 Å². The Kier molecular flexibility index (Phi) is 5.21. The summed E-state index contributed by atoms with van der Waals surface area (Å²) in [5.41, 5.74) is 0.366. The van der Waals surface area contributed by atoms with E-state index in [9.17, 15) is 14.3 Å². The van der Waals surface area contributed by atoms with Gasteiger partial charge in [0.2, 0.25) is 5.91 Å². The van der Waals surface area contributed by atoms with Crippen LogP contribution in [0.5, 0.6) is 5.75 Å². The van der Waals surface area contributed by atoms with E-state index in [1.54, 1.807) is 35.5 Å². The first kappa shape index (κ1) is 18.4. The van der Waals surface area contributed by atoms with Crippen molar-refractivity contribution in [1.82, 2.24) is 9.88 Å². The Bertz CT molecular complexity index is 994. The Morgan fingerprint density at radius 1 is 1.21 bits per heavy atom. The van der Waals surface area contributed by atoms with Crippen molar-refractivity contribution in [2.75, 3.05) is 13.1 Å². The molecule has 0 aliphatic carbocycles. The highest BCUT2D eigenvalue weighted by Gasteiger charge is 2.31. The van der Waals surface area contributed by atoms with E-state index in [2.05, 4.69) is 4.98 Å². The summed E-state index contributed by atoms with van der Waals surface area (Å²) in [6.45, 7) is 0.636. The maximum Gasteiger partial charge on any atom is 0.227 e. The molecule has 1 aliphatic rings. The van der Waals surface area contributed by atoms with Crippen molar-refractivity contribution < 1.29 is 19.0 Å². The van der Waals surface area contributed by atoms with Gasteiger partial charge < -0.3 is 14.7 Å². The minimum absolute atomic E-state index is 0.0113. The second-order valence-electron chi connectivity index (χ2n) is 7.00. The number of halogens is 1. The number of pyridine rings is 1. The topological polar surface area (TPSA) is 62.7 Å². The number of aliphatic hydroxyl groups excluding tert-OH is 1. The molecule has 144 valence electrons. The van der Waals surface area contributed by atoms with E-state index in [0.29, 0.717) is 24.3 Å². The minimum atomic E-state index is -0.803. The number of aromatic nitrogens is 1. The molecule has 0 spiro atoms. The molecule has 1 aliphatic heterocycles. The van der Waals surface area contributed by atoms with E-state index in [1.807, 2.05) is 24.3 Å². The first-order valence-corrected chi connectivity index (χ1v) is 9.30. The third kappa shape index (κ3) is 3.97. The molecule has 1 N–H and O–H groups in total. The van der Waals surface area contributed by atoms with Crippen LogP contribution in [0, 0.1) is 5.82 Å². The lowest BCUT2D eigenvalue weighted by Crippen LogP contribution is -2.51. The number of carbonyl (C=O) groups excluding carboxylic acids is 1. The van der Waals surface area contributed by atoms with Crippen molar-refractivity contribution in [2.45, 2.75) is 25.0 Å². The highest BCUT2D eigenvalue weighted by Crippen LogP contribution is 2.24. The second kappa shape index (κ2) is 7.94. The number of aliphatic hydroxyl groups is 1. The number of nitrogens with zero attached hydrogens (tertiary/aromatic N) is 2. The van der Waals surface area contributed by atoms with Gasteiger partial charge in [-0.25, -0.2) is 4.39 Å². The summed E-state index contributed by atoms with van der Waals surface area (Å²) in [6.07, 6.45) is 2.80. The van der Waals surface area contributed by atoms with Crippen molar-refractivity contribution in [2.24, 2.45) is 0 Å². The molecular weight excluding hydrogens is 359 g/mol. The van der Waals surface area contributed by atoms with E-state index in [0.717, 1.165) is 10.8 Å². The Morgan fingerprint density at radius 2 is 2.07 bits per heavy atom. The number of carbonyl (C=O) groups is 1. The lowest BCUT2D eigenvalue weighted by atomic mass is 10.0. The van der Waals surface area contributed by atoms with Crippen LogP contribution >= 0.6 is 0 Å². The van der Waals surface area contributed by atoms with Crippen molar-refractivity contribution in [3.05, 3.63) is 72.3 Å². The summed E-state index contributed by atoms with van der Waals surface area (Å²) < 4.78 is 19.7. The maximum atomic E-state index is 13.8. The summed E-state index contributed by atoms with van der Waals surface area (Å²) in [7, 11) is 0. The number of fused-ring (bicyclic) bond motifs is 1. The zero-order valence-corrected chi connectivity index (χ0v) is 15.3. The molecule has 5 nitrogen and oxygen atoms in total. The monoisotopic (exact) mass is 380 g/mol. The molecule has 4 rings (SSSR count). The Morgan fingerprint density at radius 3 is 2.89 bits per heavy atom. The lowest BCUT2D eigenvalue weighted by Gasteiger charge is -2.36. The quantitative estimate of drug-likeness (QED) is 0.756. The van der Waals surface area contributed by atoms with Crippen LogP contribution in [-0.2, 0) is 11.2 Å². The summed E-state index contributed by atoms with van der Waals surface area (Å²) in [4.78, 5) is 18.2. The molecular formula is C22H21FN2O3. The number of amides is 1. The van der Waals surface area contributed by atoms with E-state index in [-0.39, 0.29) is 24.7 Å². The summed E-state index contributed by atoms with van der Waals surface area (Å²) in [6, 6.07) is 13.9. The molecule has 6 heteroatoms. The molecule has 2 atom stereocenters. The Balaban J connectivity index is 1.38. The number of piperidine rings is 1. The van der Waals surface area contributed by atoms with E-state index < -0.39 is 12.2 Å². The van der Waals surface area contributed by atoms with Crippen molar-refractivity contribution in [1.29, 1.82) is 0 Å². The number of likely N-dealkylation sites (tertiary alicyclic amines) is 1. The van der Waals surface area contributed by atoms with Gasteiger partial charge in [0, 0.05) is 30.7 Å². The molecule has 2 heterocycles. The van der Waals surface area contributed by atoms with Crippen LogP contribution in [0.3, 0.4) is 0 Å². The first-order valence-electron chi connectivity index (χ1n) is 9.30. The number of hydrogen-bond donors (Lipinski definition) is 1. The summed E-state index contributed by atoms with van der Waals surface area (Å²) in [5.74, 6) is 0.0791. The predicted octanol–water partition coefficient (Wildman–Crippen LogP) is 2.96. The van der Waals surface area contributed by atoms with Crippen LogP contribution in [0.1, 0.15) is 12.0 Å². The number of rotatable bonds is 4. The van der Waals surface area contributed by atoms with Crippen LogP contribution in [-0.4, -0.2) is 46.2 Å². The molecule has 2 aromatic carbocycles. The standard InChI is InChI=1S/C22H21FN2O3/c23-19-4-2-1-3-16(19)12-22(27)25-10-8-21(20(26)14-25)28-18-6-5-15-7-9-24-13-17(15)11-18/h1-7,9,11,13,20-21,26H,8,10,12,14H2/t20-,21-/m1/s1. The maximum absolute atomic E-state index is 13.8. The van der Waals surface area contributed by atoms with Gasteiger partial charge in [-0.2, -0.15) is 0 Å². The number of hydrogen-bond acceptors (Lipinski definition) is 4. The van der Waals surface area contributed by atoms with Crippen molar-refractivity contribution >= 4 is 16.7 Å². The average Bonchev–Trinajstić information content (AvgIpc) is 2.71. The molecule has 1 fully saturated rings. The lowest BCUT2D eigenvalue weighted by molar-refractivity contribution is -0.136. The largest absolute Gasteiger partial charge is 0.488 e. The Hall–Kier alpha value is -2.99. The first-order chi connectivity index (χ1) is 13.6. The molecule has 0 saturated carbocycles. The fourth-order valence-electron chi connectivity index (χ4n) is 3.50. The molecule has 0 bridgehead atoms. The molecule has 1 saturated heterocycles. The second-order valence-corrected chi connectivity index (χ2v) is 7.00. The predicted molar refractivity (Wildman–Crippen MR) is 103 cm³/mol. The zero-order valence-electron chi connectivity index (χ0n) is 15.3. The smallest absolute Gasteiger partial charge is 0.227 e. The van der Waals surface area contributed by atoms with Crippen LogP contribution in [0.4, 0.5) is 4.39 Å². The molecule has 0 unspecified atom stereocenters. The Labute approximate surface area is 162 Å². The van der Waals surface area contributed by atoms with Gasteiger partial charge in [-0.15, -0.1) is 0 Å². The van der Waals surface area contributed by atoms with Gasteiger partial charge in [0.1, 0.15) is 23.8 Å². The fourth-order valence-corrected chi connectivity index (χ4v) is 3.50. The molecule has 1 amide bonds. The summed E-state index contributed by atoms with van der Waals surface area (Å²) >= 11 is 0. The van der Waals surface area contributed by atoms with Gasteiger partial charge in [-0.3, -0.25) is 9.78 Å². The van der Waals surface area contributed by atoms with Crippen LogP contribution in [0.15, 0.2) is 60.9 Å². The zero-order chi connectivity index (χ0) is 19.5. The molecule has 28 heavy (non-hydrogen) atoms. The van der Waals surface area contributed by atoms with Gasteiger partial charge in [0.05, 0.1) is 13.0 Å². The van der Waals surface area contributed by atoms with E-state index in [4.69, 9.17) is 4.74 Å². The summed E-state index contributed by atoms with van der Waals surface area (Å²) in [5, 5.41) is 12.5. The average molecular weight is 380 g/mol. The molecule has 1 aromatic heterocycles. The fraction of sp³-hybridized carbons (Fsp3) is 0.273. The highest BCUT2D eigenvalue weighted by molar-refractivity contribution is 5.82. The van der Waals surface area contributed by atoms with Gasteiger partial charge in [0.15, 0.2) is 0 Å². The van der Waals surface area contributed by atoms with Crippen molar-refractivity contribution in [3.8, 4) is 5.75 Å². The normalized spacial score (nSPS) is 19.6. The van der Waals surface area contributed by atoms with Crippen LogP contribution in [0.25, 0.3) is 10.8 Å². The van der Waals surface area contributed by atoms with Gasteiger partial charge in [-0.05, 0) is 35.2 Å². The molecule has 3 aromatic rings. The van der Waals surface area contributed by atoms with E-state index >= 15 is 0 Å². The number of benzene rings is 2. The number of ether oxygens (including phenoxy) is 1. The third-order valence-electron chi connectivity index (χ3n) is 5.07. The SMILES string of the molecule is O=C(Cc1ccccc1F)N1CC[C@@H](Oc2ccc3ccncc3c2)[C@H](O)C1. The van der Waals surface area contributed by atoms with Crippen LogP contribution in [0.2, 0.25) is 0 Å².